The minimum atomic E-state index is -4.08. The molecule has 0 atom stereocenters. The fourth-order valence-electron chi connectivity index (χ4n) is 3.57. The Labute approximate surface area is 126 Å². The summed E-state index contributed by atoms with van der Waals surface area (Å²) in [5.41, 5.74) is 0.0381. The molecule has 0 aliphatic heterocycles. The van der Waals surface area contributed by atoms with E-state index < -0.39 is 12.7 Å². The van der Waals surface area contributed by atoms with E-state index in [1.807, 2.05) is 0 Å². The molecule has 2 saturated carbocycles. The molecule has 0 heterocycles. The van der Waals surface area contributed by atoms with E-state index in [-0.39, 0.29) is 11.5 Å². The van der Waals surface area contributed by atoms with E-state index in [1.54, 1.807) is 4.90 Å². The first-order valence-electron chi connectivity index (χ1n) is 8.35. The Morgan fingerprint density at radius 3 is 2.24 bits per heavy atom. The zero-order valence-electron chi connectivity index (χ0n) is 13.3. The van der Waals surface area contributed by atoms with Crippen LogP contribution in [0.4, 0.5) is 13.2 Å². The van der Waals surface area contributed by atoms with Crippen LogP contribution in [-0.4, -0.2) is 43.3 Å². The van der Waals surface area contributed by atoms with Gasteiger partial charge in [-0.05, 0) is 43.6 Å². The van der Waals surface area contributed by atoms with Gasteiger partial charge in [-0.3, -0.25) is 4.90 Å². The molecular weight excluding hydrogens is 277 g/mol. The zero-order valence-corrected chi connectivity index (χ0v) is 13.3. The van der Waals surface area contributed by atoms with Gasteiger partial charge in [0.2, 0.25) is 0 Å². The van der Waals surface area contributed by atoms with Gasteiger partial charge in [-0.25, -0.2) is 0 Å². The molecule has 1 N–H and O–H groups in total. The van der Waals surface area contributed by atoms with Gasteiger partial charge in [-0.15, -0.1) is 0 Å². The highest BCUT2D eigenvalue weighted by atomic mass is 19.4. The maximum atomic E-state index is 12.8. The van der Waals surface area contributed by atoms with Crippen molar-refractivity contribution in [1.82, 2.24) is 10.2 Å². The molecule has 0 saturated heterocycles. The average molecular weight is 306 g/mol. The number of halogens is 3. The monoisotopic (exact) mass is 306 g/mol. The molecule has 0 unspecified atom stereocenters. The minimum Gasteiger partial charge on any atom is -0.316 e. The van der Waals surface area contributed by atoms with Gasteiger partial charge >= 0.3 is 6.18 Å². The van der Waals surface area contributed by atoms with Crippen LogP contribution in [0.15, 0.2) is 0 Å². The molecule has 5 heteroatoms. The van der Waals surface area contributed by atoms with E-state index in [9.17, 15) is 13.2 Å². The molecule has 124 valence electrons. The highest BCUT2D eigenvalue weighted by Gasteiger charge is 2.43. The molecule has 0 bridgehead atoms. The summed E-state index contributed by atoms with van der Waals surface area (Å²) < 4.78 is 38.5. The quantitative estimate of drug-likeness (QED) is 0.769. The van der Waals surface area contributed by atoms with Crippen molar-refractivity contribution in [3.63, 3.8) is 0 Å². The van der Waals surface area contributed by atoms with Crippen LogP contribution in [0.1, 0.15) is 52.4 Å². The van der Waals surface area contributed by atoms with E-state index in [0.717, 1.165) is 57.5 Å². The summed E-state index contributed by atoms with van der Waals surface area (Å²) in [7, 11) is 0. The van der Waals surface area contributed by atoms with Crippen LogP contribution in [0.5, 0.6) is 0 Å². The second-order valence-corrected chi connectivity index (χ2v) is 7.21. The second kappa shape index (κ2) is 6.86. The van der Waals surface area contributed by atoms with Crippen molar-refractivity contribution in [2.45, 2.75) is 64.6 Å². The number of nitrogens with one attached hydrogen (secondary N) is 1. The molecule has 2 fully saturated rings. The number of hydrogen-bond donors (Lipinski definition) is 1. The van der Waals surface area contributed by atoms with Crippen molar-refractivity contribution in [1.29, 1.82) is 0 Å². The standard InChI is InChI=1S/C16H29F3N2/c1-3-20-10-15(8-6-13(2)7-9-15)11-21(14-4-5-14)12-16(17,18)19/h13-14,20H,3-12H2,1-2H3. The van der Waals surface area contributed by atoms with Crippen molar-refractivity contribution >= 4 is 0 Å². The molecule has 0 spiro atoms. The Kier molecular flexibility index (Phi) is 5.58. The topological polar surface area (TPSA) is 15.3 Å². The minimum absolute atomic E-state index is 0.0381. The fourth-order valence-corrected chi connectivity index (χ4v) is 3.57. The predicted molar refractivity (Wildman–Crippen MR) is 79.3 cm³/mol. The molecule has 2 rings (SSSR count). The Balaban J connectivity index is 2.01. The van der Waals surface area contributed by atoms with Crippen LogP contribution < -0.4 is 5.32 Å². The number of rotatable bonds is 7. The summed E-state index contributed by atoms with van der Waals surface area (Å²) in [6.07, 6.45) is 2.20. The van der Waals surface area contributed by atoms with Gasteiger partial charge in [0, 0.05) is 19.1 Å². The van der Waals surface area contributed by atoms with Gasteiger partial charge in [0.25, 0.3) is 0 Å². The lowest BCUT2D eigenvalue weighted by Crippen LogP contribution is -2.49. The summed E-state index contributed by atoms with van der Waals surface area (Å²) >= 11 is 0. The van der Waals surface area contributed by atoms with Crippen molar-refractivity contribution in [2.24, 2.45) is 11.3 Å². The molecule has 2 aliphatic rings. The summed E-state index contributed by atoms with van der Waals surface area (Å²) in [6.45, 7) is 5.94. The first-order chi connectivity index (χ1) is 9.84. The highest BCUT2D eigenvalue weighted by Crippen LogP contribution is 2.41. The SMILES string of the molecule is CCNCC1(CN(CC(F)(F)F)C2CC2)CCC(C)CC1. The van der Waals surface area contributed by atoms with Crippen LogP contribution >= 0.6 is 0 Å². The molecule has 0 aromatic carbocycles. The highest BCUT2D eigenvalue weighted by molar-refractivity contribution is 4.94. The second-order valence-electron chi connectivity index (χ2n) is 7.21. The Morgan fingerprint density at radius 2 is 1.76 bits per heavy atom. The van der Waals surface area contributed by atoms with E-state index >= 15 is 0 Å². The van der Waals surface area contributed by atoms with Crippen LogP contribution in [0.2, 0.25) is 0 Å². The van der Waals surface area contributed by atoms with Crippen molar-refractivity contribution < 1.29 is 13.2 Å². The summed E-state index contributed by atoms with van der Waals surface area (Å²) in [4.78, 5) is 1.72. The first-order valence-corrected chi connectivity index (χ1v) is 8.35. The zero-order chi connectivity index (χ0) is 15.5. The third kappa shape index (κ3) is 5.44. The van der Waals surface area contributed by atoms with Crippen LogP contribution in [0.25, 0.3) is 0 Å². The third-order valence-electron chi connectivity index (χ3n) is 5.07. The van der Waals surface area contributed by atoms with Crippen LogP contribution in [0, 0.1) is 11.3 Å². The largest absolute Gasteiger partial charge is 0.401 e. The van der Waals surface area contributed by atoms with E-state index in [0.29, 0.717) is 6.54 Å². The lowest BCUT2D eigenvalue weighted by atomic mass is 9.70. The van der Waals surface area contributed by atoms with Crippen LogP contribution in [-0.2, 0) is 0 Å². The number of alkyl halides is 3. The van der Waals surface area contributed by atoms with Crippen molar-refractivity contribution in [2.75, 3.05) is 26.2 Å². The molecule has 0 aromatic heterocycles. The normalized spacial score (nSPS) is 30.9. The van der Waals surface area contributed by atoms with E-state index in [4.69, 9.17) is 0 Å². The molecule has 21 heavy (non-hydrogen) atoms. The Bertz CT molecular complexity index is 312. The number of hydrogen-bond acceptors (Lipinski definition) is 2. The van der Waals surface area contributed by atoms with E-state index in [1.165, 1.54) is 0 Å². The number of nitrogens with zero attached hydrogens (tertiary/aromatic N) is 1. The van der Waals surface area contributed by atoms with Gasteiger partial charge in [-0.1, -0.05) is 26.7 Å². The predicted octanol–water partition coefficient (Wildman–Crippen LogP) is 3.82. The van der Waals surface area contributed by atoms with E-state index in [2.05, 4.69) is 19.2 Å². The summed E-state index contributed by atoms with van der Waals surface area (Å²) in [6, 6.07) is 0.171. The molecule has 0 amide bonds. The third-order valence-corrected chi connectivity index (χ3v) is 5.07. The molecule has 0 radical (unpaired) electrons. The van der Waals surface area contributed by atoms with Crippen molar-refractivity contribution in [3.05, 3.63) is 0 Å². The molecular formula is C16H29F3N2. The van der Waals surface area contributed by atoms with Crippen molar-refractivity contribution in [3.8, 4) is 0 Å². The summed E-state index contributed by atoms with van der Waals surface area (Å²) in [5.74, 6) is 0.719. The Hall–Kier alpha value is -0.290. The molecule has 2 aliphatic carbocycles. The van der Waals surface area contributed by atoms with Crippen LogP contribution in [0.3, 0.4) is 0 Å². The maximum Gasteiger partial charge on any atom is 0.401 e. The maximum absolute atomic E-state index is 12.8. The van der Waals surface area contributed by atoms with Gasteiger partial charge < -0.3 is 5.32 Å². The molecule has 2 nitrogen and oxygen atoms in total. The average Bonchev–Trinajstić information content (AvgIpc) is 3.22. The molecule has 0 aromatic rings. The van der Waals surface area contributed by atoms with Gasteiger partial charge in [0.15, 0.2) is 0 Å². The fraction of sp³-hybridized carbons (Fsp3) is 1.00. The van der Waals surface area contributed by atoms with Gasteiger partial charge in [0.1, 0.15) is 0 Å². The first kappa shape index (κ1) is 17.1. The Morgan fingerprint density at radius 1 is 1.14 bits per heavy atom. The smallest absolute Gasteiger partial charge is 0.316 e. The lowest BCUT2D eigenvalue weighted by molar-refractivity contribution is -0.151. The lowest BCUT2D eigenvalue weighted by Gasteiger charge is -2.43. The van der Waals surface area contributed by atoms with Gasteiger partial charge in [0.05, 0.1) is 6.54 Å². The van der Waals surface area contributed by atoms with Gasteiger partial charge in [-0.2, -0.15) is 13.2 Å². The summed E-state index contributed by atoms with van der Waals surface area (Å²) in [5, 5.41) is 3.39.